The van der Waals surface area contributed by atoms with Gasteiger partial charge in [-0.25, -0.2) is 4.39 Å². The van der Waals surface area contributed by atoms with Gasteiger partial charge in [-0.1, -0.05) is 6.07 Å². The van der Waals surface area contributed by atoms with Crippen LogP contribution < -0.4 is 0 Å². The van der Waals surface area contributed by atoms with E-state index >= 15 is 0 Å². The molecule has 0 bridgehead atoms. The second-order valence-corrected chi connectivity index (χ2v) is 4.39. The number of halogens is 1. The van der Waals surface area contributed by atoms with Crippen LogP contribution in [-0.4, -0.2) is 22.6 Å². The Morgan fingerprint density at radius 3 is 2.80 bits per heavy atom. The predicted molar refractivity (Wildman–Crippen MR) is 59.5 cm³/mol. The molecule has 2 N–H and O–H groups in total. The third-order valence-electron chi connectivity index (χ3n) is 1.99. The van der Waals surface area contributed by atoms with Crippen molar-refractivity contribution in [2.75, 3.05) is 12.4 Å². The first-order valence-corrected chi connectivity index (χ1v) is 5.85. The molecule has 0 spiro atoms. The van der Waals surface area contributed by atoms with Crippen LogP contribution in [0.15, 0.2) is 23.1 Å². The van der Waals surface area contributed by atoms with Gasteiger partial charge in [0.25, 0.3) is 0 Å². The van der Waals surface area contributed by atoms with Crippen LogP contribution in [0.3, 0.4) is 0 Å². The maximum absolute atomic E-state index is 13.4. The fourth-order valence-corrected chi connectivity index (χ4v) is 2.39. The fraction of sp³-hybridized carbons (Fsp3) is 0.455. The molecule has 1 rings (SSSR count). The summed E-state index contributed by atoms with van der Waals surface area (Å²) in [4.78, 5) is 0.749. The van der Waals surface area contributed by atoms with Crippen molar-refractivity contribution in [2.24, 2.45) is 0 Å². The molecule has 0 aliphatic heterocycles. The molecule has 0 saturated heterocycles. The van der Waals surface area contributed by atoms with Crippen molar-refractivity contribution in [3.8, 4) is 0 Å². The van der Waals surface area contributed by atoms with Crippen LogP contribution >= 0.6 is 11.8 Å². The Balaban J connectivity index is 2.81. The number of hydrogen-bond acceptors (Lipinski definition) is 3. The average Bonchev–Trinajstić information content (AvgIpc) is 2.17. The summed E-state index contributed by atoms with van der Waals surface area (Å²) in [6.45, 7) is 1.68. The van der Waals surface area contributed by atoms with Crippen molar-refractivity contribution >= 4 is 11.8 Å². The number of thioether (sulfide) groups is 1. The average molecular weight is 230 g/mol. The van der Waals surface area contributed by atoms with Crippen LogP contribution in [0.25, 0.3) is 0 Å². The zero-order chi connectivity index (χ0) is 11.3. The molecule has 0 aliphatic rings. The summed E-state index contributed by atoms with van der Waals surface area (Å²) in [7, 11) is 0. The van der Waals surface area contributed by atoms with Crippen LogP contribution in [0.4, 0.5) is 4.39 Å². The predicted octanol–water partition coefficient (Wildman–Crippen LogP) is 2.35. The third kappa shape index (κ3) is 3.48. The standard InChI is InChI=1S/C11H15FO2S/c1-8(14)11-9(12)4-2-5-10(11)15-7-3-6-13/h2,4-5,8,13-14H,3,6-7H2,1H3/t8-/m0/s1. The minimum atomic E-state index is -0.803. The van der Waals surface area contributed by atoms with Crippen molar-refractivity contribution in [2.45, 2.75) is 24.3 Å². The van der Waals surface area contributed by atoms with Gasteiger partial charge in [-0.3, -0.25) is 0 Å². The molecule has 15 heavy (non-hydrogen) atoms. The number of hydrogen-bond donors (Lipinski definition) is 2. The fourth-order valence-electron chi connectivity index (χ4n) is 1.30. The van der Waals surface area contributed by atoms with Gasteiger partial charge < -0.3 is 10.2 Å². The Morgan fingerprint density at radius 2 is 2.20 bits per heavy atom. The molecule has 0 amide bonds. The lowest BCUT2D eigenvalue weighted by atomic mass is 10.1. The van der Waals surface area contributed by atoms with Gasteiger partial charge in [0.2, 0.25) is 0 Å². The van der Waals surface area contributed by atoms with Crippen molar-refractivity contribution < 1.29 is 14.6 Å². The highest BCUT2D eigenvalue weighted by atomic mass is 32.2. The Kier molecular flexibility index (Phi) is 5.08. The van der Waals surface area contributed by atoms with E-state index in [1.807, 2.05) is 0 Å². The molecule has 0 aromatic heterocycles. The molecule has 0 fully saturated rings. The van der Waals surface area contributed by atoms with E-state index in [0.717, 1.165) is 10.6 Å². The molecule has 0 aliphatic carbocycles. The highest BCUT2D eigenvalue weighted by Gasteiger charge is 2.13. The Labute approximate surface area is 93.1 Å². The van der Waals surface area contributed by atoms with E-state index < -0.39 is 6.10 Å². The molecule has 0 saturated carbocycles. The van der Waals surface area contributed by atoms with Crippen molar-refractivity contribution in [3.05, 3.63) is 29.6 Å². The van der Waals surface area contributed by atoms with E-state index in [-0.39, 0.29) is 12.4 Å². The van der Waals surface area contributed by atoms with Gasteiger partial charge in [-0.2, -0.15) is 0 Å². The van der Waals surface area contributed by atoms with Crippen molar-refractivity contribution in [1.82, 2.24) is 0 Å². The molecule has 0 heterocycles. The second kappa shape index (κ2) is 6.10. The van der Waals surface area contributed by atoms with Crippen molar-refractivity contribution in [1.29, 1.82) is 0 Å². The third-order valence-corrected chi connectivity index (χ3v) is 3.15. The summed E-state index contributed by atoms with van der Waals surface area (Å²) in [6, 6.07) is 4.76. The largest absolute Gasteiger partial charge is 0.396 e. The number of rotatable bonds is 5. The van der Waals surface area contributed by atoms with E-state index in [1.165, 1.54) is 17.8 Å². The minimum Gasteiger partial charge on any atom is -0.396 e. The van der Waals surface area contributed by atoms with E-state index in [0.29, 0.717) is 12.0 Å². The Bertz CT molecular complexity index is 315. The van der Waals surface area contributed by atoms with Crippen LogP contribution in [0.1, 0.15) is 25.0 Å². The highest BCUT2D eigenvalue weighted by Crippen LogP contribution is 2.29. The molecule has 4 heteroatoms. The van der Waals surface area contributed by atoms with Crippen LogP contribution in [0.2, 0.25) is 0 Å². The lowest BCUT2D eigenvalue weighted by molar-refractivity contribution is 0.191. The van der Waals surface area contributed by atoms with E-state index in [2.05, 4.69) is 0 Å². The number of aliphatic hydroxyl groups is 2. The first-order valence-electron chi connectivity index (χ1n) is 4.87. The number of benzene rings is 1. The topological polar surface area (TPSA) is 40.5 Å². The summed E-state index contributed by atoms with van der Waals surface area (Å²) in [5.41, 5.74) is 0.348. The first kappa shape index (κ1) is 12.5. The monoisotopic (exact) mass is 230 g/mol. The molecule has 1 atom stereocenters. The van der Waals surface area contributed by atoms with Crippen LogP contribution in [0.5, 0.6) is 0 Å². The van der Waals surface area contributed by atoms with E-state index in [9.17, 15) is 9.50 Å². The second-order valence-electron chi connectivity index (χ2n) is 3.25. The molecule has 2 nitrogen and oxygen atoms in total. The summed E-state index contributed by atoms with van der Waals surface area (Å²) in [6.07, 6.45) is -0.136. The summed E-state index contributed by atoms with van der Waals surface area (Å²) < 4.78 is 13.4. The normalized spacial score (nSPS) is 12.8. The van der Waals surface area contributed by atoms with Gasteiger partial charge in [0.15, 0.2) is 0 Å². The number of aliphatic hydroxyl groups excluding tert-OH is 2. The van der Waals surface area contributed by atoms with Gasteiger partial charge in [0.1, 0.15) is 5.82 Å². The van der Waals surface area contributed by atoms with Gasteiger partial charge in [-0.15, -0.1) is 11.8 Å². The lowest BCUT2D eigenvalue weighted by Gasteiger charge is -2.12. The Hall–Kier alpha value is -0.580. The zero-order valence-corrected chi connectivity index (χ0v) is 9.43. The van der Waals surface area contributed by atoms with E-state index in [1.54, 1.807) is 19.1 Å². The maximum atomic E-state index is 13.4. The van der Waals surface area contributed by atoms with Crippen LogP contribution in [-0.2, 0) is 0 Å². The smallest absolute Gasteiger partial charge is 0.130 e. The molecule has 0 unspecified atom stereocenters. The maximum Gasteiger partial charge on any atom is 0.130 e. The SMILES string of the molecule is C[C@H](O)c1c(F)cccc1SCCCO. The zero-order valence-electron chi connectivity index (χ0n) is 8.61. The molecule has 84 valence electrons. The van der Waals surface area contributed by atoms with Crippen molar-refractivity contribution in [3.63, 3.8) is 0 Å². The molecule has 1 aromatic rings. The molecule has 0 radical (unpaired) electrons. The Morgan fingerprint density at radius 1 is 1.47 bits per heavy atom. The van der Waals surface area contributed by atoms with Gasteiger partial charge in [-0.05, 0) is 25.5 Å². The van der Waals surface area contributed by atoms with Gasteiger partial charge in [0, 0.05) is 22.8 Å². The summed E-state index contributed by atoms with van der Waals surface area (Å²) >= 11 is 1.45. The lowest BCUT2D eigenvalue weighted by Crippen LogP contribution is -1.99. The minimum absolute atomic E-state index is 0.131. The van der Waals surface area contributed by atoms with Crippen LogP contribution in [0, 0.1) is 5.82 Å². The quantitative estimate of drug-likeness (QED) is 0.602. The van der Waals surface area contributed by atoms with E-state index in [4.69, 9.17) is 5.11 Å². The highest BCUT2D eigenvalue weighted by molar-refractivity contribution is 7.99. The summed E-state index contributed by atoms with van der Waals surface area (Å²) in [5, 5.41) is 18.1. The first-order chi connectivity index (χ1) is 7.16. The molecule has 1 aromatic carbocycles. The van der Waals surface area contributed by atoms with Gasteiger partial charge >= 0.3 is 0 Å². The summed E-state index contributed by atoms with van der Waals surface area (Å²) in [5.74, 6) is 0.346. The molecular formula is C11H15FO2S. The molecular weight excluding hydrogens is 215 g/mol. The van der Waals surface area contributed by atoms with Gasteiger partial charge in [0.05, 0.1) is 6.10 Å².